The van der Waals surface area contributed by atoms with Gasteiger partial charge in [-0.3, -0.25) is 14.4 Å². The molecule has 0 bridgehead atoms. The first-order valence-corrected chi connectivity index (χ1v) is 10.3. The summed E-state index contributed by atoms with van der Waals surface area (Å²) >= 11 is 0. The third kappa shape index (κ3) is 7.11. The lowest BCUT2D eigenvalue weighted by Gasteiger charge is -2.20. The van der Waals surface area contributed by atoms with E-state index < -0.39 is 0 Å². The lowest BCUT2D eigenvalue weighted by Crippen LogP contribution is -3.11. The fourth-order valence-corrected chi connectivity index (χ4v) is 3.14. The van der Waals surface area contributed by atoms with Crippen LogP contribution in [0.2, 0.25) is 0 Å². The number of carbonyl (C=O) groups is 3. The molecule has 31 heavy (non-hydrogen) atoms. The van der Waals surface area contributed by atoms with Gasteiger partial charge in [-0.2, -0.15) is 0 Å². The van der Waals surface area contributed by atoms with Gasteiger partial charge in [0, 0.05) is 24.3 Å². The summed E-state index contributed by atoms with van der Waals surface area (Å²) in [4.78, 5) is 39.5. The Balaban J connectivity index is 1.89. The Labute approximate surface area is 183 Å². The van der Waals surface area contributed by atoms with Crippen molar-refractivity contribution in [1.82, 2.24) is 4.90 Å². The van der Waals surface area contributed by atoms with Gasteiger partial charge < -0.3 is 25.2 Å². The van der Waals surface area contributed by atoms with E-state index in [0.29, 0.717) is 35.8 Å². The molecule has 0 saturated carbocycles. The standard InChI is InChI=1S/C23H30N4O4/c1-5-27(6-2)22(29)16-26(3)15-21(28)24-18-13-11-17(12-14-18)23(30)25-19-9-7-8-10-20(19)31-4/h7-14H,5-6,15-16H2,1-4H3,(H,24,28)(H,25,30)/p+1. The van der Waals surface area contributed by atoms with Gasteiger partial charge in [-0.1, -0.05) is 12.1 Å². The molecule has 8 nitrogen and oxygen atoms in total. The molecular weight excluding hydrogens is 396 g/mol. The number of carbonyl (C=O) groups excluding carboxylic acids is 3. The van der Waals surface area contributed by atoms with E-state index in [0.717, 1.165) is 4.90 Å². The minimum Gasteiger partial charge on any atom is -0.495 e. The second-order valence-electron chi connectivity index (χ2n) is 7.16. The van der Waals surface area contributed by atoms with Crippen LogP contribution in [0.1, 0.15) is 24.2 Å². The van der Waals surface area contributed by atoms with Gasteiger partial charge in [-0.05, 0) is 50.2 Å². The zero-order valence-electron chi connectivity index (χ0n) is 18.5. The molecule has 1 unspecified atom stereocenters. The van der Waals surface area contributed by atoms with Crippen molar-refractivity contribution >= 4 is 29.1 Å². The lowest BCUT2D eigenvalue weighted by molar-refractivity contribution is -0.862. The number of ether oxygens (including phenoxy) is 1. The summed E-state index contributed by atoms with van der Waals surface area (Å²) in [6, 6.07) is 13.8. The Morgan fingerprint density at radius 1 is 0.935 bits per heavy atom. The molecule has 0 aliphatic rings. The molecule has 0 aliphatic heterocycles. The van der Waals surface area contributed by atoms with Gasteiger partial charge >= 0.3 is 0 Å². The topological polar surface area (TPSA) is 92.2 Å². The van der Waals surface area contributed by atoms with Gasteiger partial charge in [-0.15, -0.1) is 0 Å². The number of benzene rings is 2. The molecule has 0 aliphatic carbocycles. The minimum absolute atomic E-state index is 0.0284. The van der Waals surface area contributed by atoms with E-state index in [1.165, 1.54) is 0 Å². The number of methoxy groups -OCH3 is 1. The highest BCUT2D eigenvalue weighted by atomic mass is 16.5. The monoisotopic (exact) mass is 427 g/mol. The van der Waals surface area contributed by atoms with Crippen LogP contribution in [0.4, 0.5) is 11.4 Å². The molecule has 2 aromatic rings. The molecule has 1 atom stereocenters. The molecule has 0 heterocycles. The van der Waals surface area contributed by atoms with Gasteiger partial charge in [-0.25, -0.2) is 0 Å². The van der Waals surface area contributed by atoms with E-state index in [9.17, 15) is 14.4 Å². The van der Waals surface area contributed by atoms with E-state index >= 15 is 0 Å². The normalized spacial score (nSPS) is 11.4. The smallest absolute Gasteiger partial charge is 0.279 e. The highest BCUT2D eigenvalue weighted by Gasteiger charge is 2.18. The third-order valence-corrected chi connectivity index (χ3v) is 4.82. The van der Waals surface area contributed by atoms with Gasteiger partial charge in [0.15, 0.2) is 13.1 Å². The Bertz CT molecular complexity index is 895. The van der Waals surface area contributed by atoms with Crippen LogP contribution in [0.5, 0.6) is 5.75 Å². The summed E-state index contributed by atoms with van der Waals surface area (Å²) in [6.45, 7) is 5.62. The maximum absolute atomic E-state index is 12.5. The van der Waals surface area contributed by atoms with Crippen molar-refractivity contribution in [1.29, 1.82) is 0 Å². The highest BCUT2D eigenvalue weighted by molar-refractivity contribution is 6.05. The fourth-order valence-electron chi connectivity index (χ4n) is 3.14. The molecule has 8 heteroatoms. The van der Waals surface area contributed by atoms with Crippen molar-refractivity contribution in [3.63, 3.8) is 0 Å². The fraction of sp³-hybridized carbons (Fsp3) is 0.348. The summed E-state index contributed by atoms with van der Waals surface area (Å²) in [5, 5.41) is 5.61. The number of anilines is 2. The Hall–Kier alpha value is -3.39. The van der Waals surface area contributed by atoms with Crippen LogP contribution < -0.4 is 20.3 Å². The number of hydrogen-bond donors (Lipinski definition) is 3. The first-order valence-electron chi connectivity index (χ1n) is 10.3. The maximum atomic E-state index is 12.5. The van der Waals surface area contributed by atoms with Crippen LogP contribution >= 0.6 is 0 Å². The molecule has 2 aromatic carbocycles. The van der Waals surface area contributed by atoms with E-state index in [2.05, 4.69) is 10.6 Å². The molecule has 0 radical (unpaired) electrons. The summed E-state index contributed by atoms with van der Waals surface area (Å²) in [6.07, 6.45) is 0. The Kier molecular flexibility index (Phi) is 9.02. The minimum atomic E-state index is -0.276. The van der Waals surface area contributed by atoms with E-state index in [-0.39, 0.29) is 30.8 Å². The van der Waals surface area contributed by atoms with Crippen molar-refractivity contribution in [2.45, 2.75) is 13.8 Å². The third-order valence-electron chi connectivity index (χ3n) is 4.82. The molecule has 0 aromatic heterocycles. The number of nitrogens with one attached hydrogen (secondary N) is 3. The average Bonchev–Trinajstić information content (AvgIpc) is 2.75. The summed E-state index contributed by atoms with van der Waals surface area (Å²) in [5.74, 6) is 0.129. The van der Waals surface area contributed by atoms with E-state index in [4.69, 9.17) is 4.74 Å². The van der Waals surface area contributed by atoms with Crippen molar-refractivity contribution in [2.75, 3.05) is 51.0 Å². The van der Waals surface area contributed by atoms with Crippen LogP contribution in [-0.4, -0.2) is 63.0 Å². The van der Waals surface area contributed by atoms with Gasteiger partial charge in [0.2, 0.25) is 0 Å². The predicted molar refractivity (Wildman–Crippen MR) is 121 cm³/mol. The number of amides is 3. The zero-order valence-corrected chi connectivity index (χ0v) is 18.5. The van der Waals surface area contributed by atoms with Gasteiger partial charge in [0.05, 0.1) is 19.8 Å². The van der Waals surface area contributed by atoms with Gasteiger partial charge in [0.25, 0.3) is 17.7 Å². The zero-order chi connectivity index (χ0) is 22.8. The molecule has 166 valence electrons. The number of para-hydroxylation sites is 2. The number of nitrogens with zero attached hydrogens (tertiary/aromatic N) is 1. The van der Waals surface area contributed by atoms with Crippen LogP contribution in [0.25, 0.3) is 0 Å². The molecule has 0 saturated heterocycles. The molecule has 2 rings (SSSR count). The average molecular weight is 428 g/mol. The van der Waals surface area contributed by atoms with E-state index in [1.54, 1.807) is 48.4 Å². The van der Waals surface area contributed by atoms with Crippen molar-refractivity contribution in [2.24, 2.45) is 0 Å². The number of hydrogen-bond acceptors (Lipinski definition) is 4. The first kappa shape index (κ1) is 23.9. The second kappa shape index (κ2) is 11.7. The number of quaternary nitrogens is 1. The maximum Gasteiger partial charge on any atom is 0.279 e. The van der Waals surface area contributed by atoms with Crippen LogP contribution in [0, 0.1) is 0 Å². The highest BCUT2D eigenvalue weighted by Crippen LogP contribution is 2.23. The summed E-state index contributed by atoms with van der Waals surface area (Å²) in [7, 11) is 3.35. The van der Waals surface area contributed by atoms with Crippen LogP contribution in [0.15, 0.2) is 48.5 Å². The predicted octanol–water partition coefficient (Wildman–Crippen LogP) is 1.27. The number of likely N-dealkylation sites (N-methyl/N-ethyl adjacent to an activating group) is 2. The largest absolute Gasteiger partial charge is 0.495 e. The SMILES string of the molecule is CCN(CC)C(=O)C[NH+](C)CC(=O)Nc1ccc(C(=O)Nc2ccccc2OC)cc1. The summed E-state index contributed by atoms with van der Waals surface area (Å²) < 4.78 is 5.24. The van der Waals surface area contributed by atoms with Crippen molar-refractivity contribution in [3.8, 4) is 5.75 Å². The van der Waals surface area contributed by atoms with Crippen LogP contribution in [-0.2, 0) is 9.59 Å². The molecular formula is C23H31N4O4+. The molecule has 3 amide bonds. The van der Waals surface area contributed by atoms with E-state index in [1.807, 2.05) is 33.0 Å². The quantitative estimate of drug-likeness (QED) is 0.533. The Morgan fingerprint density at radius 2 is 1.58 bits per heavy atom. The van der Waals surface area contributed by atoms with Crippen LogP contribution in [0.3, 0.4) is 0 Å². The van der Waals surface area contributed by atoms with Crippen molar-refractivity contribution in [3.05, 3.63) is 54.1 Å². The molecule has 0 spiro atoms. The lowest BCUT2D eigenvalue weighted by atomic mass is 10.2. The second-order valence-corrected chi connectivity index (χ2v) is 7.16. The van der Waals surface area contributed by atoms with Crippen molar-refractivity contribution < 1.29 is 24.0 Å². The Morgan fingerprint density at radius 3 is 2.19 bits per heavy atom. The molecule has 3 N–H and O–H groups in total. The van der Waals surface area contributed by atoms with Gasteiger partial charge in [0.1, 0.15) is 5.75 Å². The summed E-state index contributed by atoms with van der Waals surface area (Å²) in [5.41, 5.74) is 1.62. The first-order chi connectivity index (χ1) is 14.9. The number of rotatable bonds is 10. The molecule has 0 fully saturated rings.